The molecule has 6 heteroatoms. The maximum atomic E-state index is 11.7. The Hall–Kier alpha value is -0.650. The van der Waals surface area contributed by atoms with Gasteiger partial charge in [-0.05, 0) is 29.0 Å². The molecule has 0 aliphatic rings. The molecule has 1 amide bonds. The number of nitrogens with one attached hydrogen (secondary N) is 2. The van der Waals surface area contributed by atoms with Gasteiger partial charge in [0.15, 0.2) is 0 Å². The van der Waals surface area contributed by atoms with Crippen LogP contribution in [0, 0.1) is 5.92 Å². The van der Waals surface area contributed by atoms with Crippen molar-refractivity contribution >= 4 is 39.1 Å². The number of rotatable bonds is 4. The fourth-order valence-corrected chi connectivity index (χ4v) is 1.61. The van der Waals surface area contributed by atoms with Crippen LogP contribution in [-0.2, 0) is 4.79 Å². The highest BCUT2D eigenvalue weighted by atomic mass is 79.9. The number of carbonyl (C=O) groups is 1. The molecule has 1 heterocycles. The molecule has 0 saturated heterocycles. The Morgan fingerprint density at radius 3 is 2.94 bits per heavy atom. The number of aromatic nitrogens is 1. The third-order valence-corrected chi connectivity index (χ3v) is 3.16. The number of pyridine rings is 1. The summed E-state index contributed by atoms with van der Waals surface area (Å²) in [5.41, 5.74) is 0.629. The van der Waals surface area contributed by atoms with Crippen LogP contribution in [0.2, 0.25) is 5.15 Å². The van der Waals surface area contributed by atoms with Gasteiger partial charge < -0.3 is 10.6 Å². The Morgan fingerprint density at radius 1 is 1.69 bits per heavy atom. The molecule has 0 saturated carbocycles. The van der Waals surface area contributed by atoms with Crippen molar-refractivity contribution in [3.8, 4) is 0 Å². The van der Waals surface area contributed by atoms with Crippen LogP contribution < -0.4 is 10.6 Å². The van der Waals surface area contributed by atoms with Gasteiger partial charge in [-0.3, -0.25) is 4.79 Å². The van der Waals surface area contributed by atoms with Crippen molar-refractivity contribution in [2.75, 3.05) is 18.9 Å². The molecule has 1 aromatic heterocycles. The summed E-state index contributed by atoms with van der Waals surface area (Å²) in [7, 11) is 1.81. The molecule has 0 radical (unpaired) electrons. The highest BCUT2D eigenvalue weighted by Crippen LogP contribution is 2.22. The second-order valence-corrected chi connectivity index (χ2v) is 4.66. The third-order valence-electron chi connectivity index (χ3n) is 2.02. The first kappa shape index (κ1) is 13.4. The van der Waals surface area contributed by atoms with Crippen LogP contribution in [0.3, 0.4) is 0 Å². The molecule has 1 unspecified atom stereocenters. The average molecular weight is 307 g/mol. The molecule has 0 spiro atoms. The second kappa shape index (κ2) is 6.18. The van der Waals surface area contributed by atoms with Gasteiger partial charge in [0.2, 0.25) is 5.91 Å². The number of carbonyl (C=O) groups excluding carboxylic acids is 1. The number of amides is 1. The molecule has 0 aromatic carbocycles. The van der Waals surface area contributed by atoms with Crippen LogP contribution in [0.15, 0.2) is 16.7 Å². The molecule has 0 bridgehead atoms. The van der Waals surface area contributed by atoms with Crippen LogP contribution in [-0.4, -0.2) is 24.5 Å². The summed E-state index contributed by atoms with van der Waals surface area (Å²) >= 11 is 8.99. The first-order chi connectivity index (χ1) is 7.54. The molecular formula is C10H13BrClN3O. The quantitative estimate of drug-likeness (QED) is 0.839. The first-order valence-electron chi connectivity index (χ1n) is 4.81. The minimum Gasteiger partial charge on any atom is -0.324 e. The lowest BCUT2D eigenvalue weighted by molar-refractivity contribution is -0.119. The minimum atomic E-state index is -0.0977. The van der Waals surface area contributed by atoms with Crippen LogP contribution >= 0.6 is 27.5 Å². The Morgan fingerprint density at radius 2 is 2.38 bits per heavy atom. The van der Waals surface area contributed by atoms with Crippen LogP contribution in [0.25, 0.3) is 0 Å². The van der Waals surface area contributed by atoms with E-state index in [1.54, 1.807) is 6.07 Å². The Bertz CT molecular complexity index is 386. The zero-order valence-corrected chi connectivity index (χ0v) is 11.4. The normalized spacial score (nSPS) is 12.2. The fraction of sp³-hybridized carbons (Fsp3) is 0.400. The summed E-state index contributed by atoms with van der Waals surface area (Å²) in [6.07, 6.45) is 1.52. The van der Waals surface area contributed by atoms with E-state index in [2.05, 4.69) is 31.5 Å². The van der Waals surface area contributed by atoms with Crippen molar-refractivity contribution in [1.82, 2.24) is 10.3 Å². The lowest BCUT2D eigenvalue weighted by Crippen LogP contribution is -2.28. The van der Waals surface area contributed by atoms with Crippen LogP contribution in [0.1, 0.15) is 6.92 Å². The fourth-order valence-electron chi connectivity index (χ4n) is 1.15. The zero-order chi connectivity index (χ0) is 12.1. The highest BCUT2D eigenvalue weighted by Gasteiger charge is 2.12. The van der Waals surface area contributed by atoms with Gasteiger partial charge in [0.05, 0.1) is 16.4 Å². The van der Waals surface area contributed by atoms with Crippen molar-refractivity contribution < 1.29 is 4.79 Å². The van der Waals surface area contributed by atoms with Crippen molar-refractivity contribution in [3.63, 3.8) is 0 Å². The van der Waals surface area contributed by atoms with Gasteiger partial charge in [0, 0.05) is 12.5 Å². The summed E-state index contributed by atoms with van der Waals surface area (Å²) in [6.45, 7) is 2.48. The molecular weight excluding hydrogens is 293 g/mol. The average Bonchev–Trinajstić information content (AvgIpc) is 2.24. The molecule has 2 N–H and O–H groups in total. The number of hydrogen-bond donors (Lipinski definition) is 2. The number of anilines is 1. The van der Waals surface area contributed by atoms with Gasteiger partial charge >= 0.3 is 0 Å². The largest absolute Gasteiger partial charge is 0.324 e. The summed E-state index contributed by atoms with van der Waals surface area (Å²) in [5, 5.41) is 6.09. The van der Waals surface area contributed by atoms with E-state index < -0.39 is 0 Å². The van der Waals surface area contributed by atoms with E-state index in [0.717, 1.165) is 0 Å². The Kier molecular flexibility index (Phi) is 5.18. The maximum Gasteiger partial charge on any atom is 0.228 e. The summed E-state index contributed by atoms with van der Waals surface area (Å²) in [4.78, 5) is 15.6. The van der Waals surface area contributed by atoms with Gasteiger partial charge in [0.25, 0.3) is 0 Å². The van der Waals surface area contributed by atoms with Crippen LogP contribution in [0.5, 0.6) is 0 Å². The van der Waals surface area contributed by atoms with Gasteiger partial charge in [-0.25, -0.2) is 4.98 Å². The molecule has 88 valence electrons. The number of hydrogen-bond acceptors (Lipinski definition) is 3. The van der Waals surface area contributed by atoms with Gasteiger partial charge in [-0.1, -0.05) is 18.5 Å². The molecule has 1 rings (SSSR count). The van der Waals surface area contributed by atoms with Gasteiger partial charge in [-0.2, -0.15) is 0 Å². The SMILES string of the molecule is CNCC(C)C(=O)Nc1cnc(Cl)c(Br)c1. The predicted octanol–water partition coefficient (Wildman–Crippen LogP) is 2.29. The van der Waals surface area contributed by atoms with Crippen molar-refractivity contribution in [1.29, 1.82) is 0 Å². The molecule has 0 aliphatic carbocycles. The molecule has 0 fully saturated rings. The maximum absolute atomic E-state index is 11.7. The summed E-state index contributed by atoms with van der Waals surface area (Å²) in [5.74, 6) is -0.148. The standard InChI is InChI=1S/C10H13BrClN3O/c1-6(4-13-2)10(16)15-7-3-8(11)9(12)14-5-7/h3,5-6,13H,4H2,1-2H3,(H,15,16). The second-order valence-electron chi connectivity index (χ2n) is 3.44. The van der Waals surface area contributed by atoms with E-state index in [0.29, 0.717) is 21.9 Å². The van der Waals surface area contributed by atoms with Crippen molar-refractivity contribution in [3.05, 3.63) is 21.9 Å². The van der Waals surface area contributed by atoms with E-state index in [4.69, 9.17) is 11.6 Å². The van der Waals surface area contributed by atoms with E-state index in [1.807, 2.05) is 14.0 Å². The molecule has 4 nitrogen and oxygen atoms in total. The monoisotopic (exact) mass is 305 g/mol. The molecule has 16 heavy (non-hydrogen) atoms. The predicted molar refractivity (Wildman–Crippen MR) is 68.7 cm³/mol. The summed E-state index contributed by atoms with van der Waals surface area (Å²) in [6, 6.07) is 1.72. The Balaban J connectivity index is 2.66. The van der Waals surface area contributed by atoms with Crippen molar-refractivity contribution in [2.45, 2.75) is 6.92 Å². The van der Waals surface area contributed by atoms with Gasteiger partial charge in [0.1, 0.15) is 5.15 Å². The zero-order valence-electron chi connectivity index (χ0n) is 9.05. The number of nitrogens with zero attached hydrogens (tertiary/aromatic N) is 1. The molecule has 1 atom stereocenters. The van der Waals surface area contributed by atoms with Gasteiger partial charge in [-0.15, -0.1) is 0 Å². The summed E-state index contributed by atoms with van der Waals surface area (Å²) < 4.78 is 0.660. The lowest BCUT2D eigenvalue weighted by Gasteiger charge is -2.11. The first-order valence-corrected chi connectivity index (χ1v) is 5.98. The number of halogens is 2. The molecule has 0 aliphatic heterocycles. The smallest absolute Gasteiger partial charge is 0.228 e. The van der Waals surface area contributed by atoms with Crippen LogP contribution in [0.4, 0.5) is 5.69 Å². The van der Waals surface area contributed by atoms with E-state index >= 15 is 0 Å². The molecule has 1 aromatic rings. The van der Waals surface area contributed by atoms with Crippen molar-refractivity contribution in [2.24, 2.45) is 5.92 Å². The Labute approximate surface area is 108 Å². The van der Waals surface area contributed by atoms with E-state index in [1.165, 1.54) is 6.20 Å². The topological polar surface area (TPSA) is 54.0 Å². The van der Waals surface area contributed by atoms with E-state index in [9.17, 15) is 4.79 Å². The highest BCUT2D eigenvalue weighted by molar-refractivity contribution is 9.10. The van der Waals surface area contributed by atoms with E-state index in [-0.39, 0.29) is 11.8 Å². The minimum absolute atomic E-state index is 0.0506. The lowest BCUT2D eigenvalue weighted by atomic mass is 10.1. The third kappa shape index (κ3) is 3.73.